The van der Waals surface area contributed by atoms with E-state index < -0.39 is 23.8 Å². The van der Waals surface area contributed by atoms with E-state index in [1.165, 1.54) is 19.1 Å². The van der Waals surface area contributed by atoms with Crippen LogP contribution in [0.1, 0.15) is 38.8 Å². The van der Waals surface area contributed by atoms with Crippen molar-refractivity contribution >= 4 is 68.4 Å². The number of aromatic amines is 2. The second-order valence-corrected chi connectivity index (χ2v) is 12.8. The van der Waals surface area contributed by atoms with Gasteiger partial charge in [-0.1, -0.05) is 59.6 Å². The Bertz CT molecular complexity index is 2240. The van der Waals surface area contributed by atoms with Gasteiger partial charge in [-0.15, -0.1) is 0 Å². The van der Waals surface area contributed by atoms with Crippen molar-refractivity contribution in [3.63, 3.8) is 0 Å². The van der Waals surface area contributed by atoms with Crippen LogP contribution in [0.4, 0.5) is 0 Å². The van der Waals surface area contributed by atoms with Gasteiger partial charge in [-0.05, 0) is 85.1 Å². The maximum atomic E-state index is 12.4. The van der Waals surface area contributed by atoms with Crippen LogP contribution in [0.25, 0.3) is 28.0 Å². The molecule has 57 heavy (non-hydrogen) atoms. The van der Waals surface area contributed by atoms with Crippen molar-refractivity contribution < 1.29 is 123 Å². The van der Waals surface area contributed by atoms with Gasteiger partial charge in [-0.25, -0.2) is 0 Å². The number of hydrogen-bond donors (Lipinski definition) is 4. The second kappa shape index (κ2) is 25.7. The van der Waals surface area contributed by atoms with Crippen molar-refractivity contribution in [2.45, 2.75) is 31.8 Å². The largest absolute Gasteiger partial charge is 0.693 e. The number of amides is 2. The zero-order valence-electron chi connectivity index (χ0n) is 30.7. The number of ketones is 2. The van der Waals surface area contributed by atoms with Crippen LogP contribution in [0.15, 0.2) is 119 Å². The molecule has 6 rings (SSSR count). The molecule has 0 fully saturated rings. The van der Waals surface area contributed by atoms with E-state index in [9.17, 15) is 28.8 Å². The van der Waals surface area contributed by atoms with Crippen molar-refractivity contribution in [2.24, 2.45) is 0 Å². The number of pyridine rings is 2. The molecule has 2 amide bonds. The number of nitrogens with one attached hydrogen (secondary N) is 4. The molecule has 12 nitrogen and oxygen atoms in total. The first-order chi connectivity index (χ1) is 24.9. The van der Waals surface area contributed by atoms with Gasteiger partial charge in [0.1, 0.15) is 0 Å². The number of nitrogens with two attached hydrogens (primary N) is 1. The van der Waals surface area contributed by atoms with Crippen LogP contribution in [0.2, 0.25) is 10.0 Å². The van der Waals surface area contributed by atoms with Crippen LogP contribution in [0.3, 0.4) is 0 Å². The number of hydrogen-bond acceptors (Lipinski definition) is 6. The third kappa shape index (κ3) is 15.4. The Balaban J connectivity index is 0.00000101. The van der Waals surface area contributed by atoms with Crippen LogP contribution in [-0.4, -0.2) is 50.9 Å². The standard InChI is InChI=1S/C20H17ClN2O3.C20H16ClN2O3.H2N.H2O.3Y/c2*1-12(24)18(23-20(26)13-6-8-15(21)9-7-13)10-14-11-19(25)22-17-5-3-2-4-16(14)17;;;;;/h2-9,11,18H,10H2,1H3,(H,22,25)(H,23,26);2-9,11,18H,1,10H2,(H,22,25)(H,23,26);2*1H2;;;/q;2*-1;;;;. The molecule has 2 aromatic heterocycles. The number of para-hydroxylation sites is 2. The SMILES string of the molecule is CC(=O)C(Cc1cc(=O)[nH]c2ccccc12)NC(=O)c1ccc(Cl)cc1.O.[CH2-]C(=O)C(Cc1cc(=O)[nH]c2ccccc12)NC(=O)c1ccc(Cl)cc1.[NH2-].[Y].[Y].[Y]. The van der Waals surface area contributed by atoms with E-state index in [4.69, 9.17) is 23.2 Å². The molecule has 0 aliphatic carbocycles. The van der Waals surface area contributed by atoms with Gasteiger partial charge in [-0.3, -0.25) is 24.0 Å². The molecule has 6 aromatic rings. The molecular formula is C40H37Cl2N5O7Y3-2. The van der Waals surface area contributed by atoms with Crippen LogP contribution in [-0.2, 0) is 121 Å². The minimum absolute atomic E-state index is 0. The van der Waals surface area contributed by atoms with E-state index in [0.717, 1.165) is 10.8 Å². The molecule has 2 unspecified atom stereocenters. The number of rotatable bonds is 10. The monoisotopic (exact) mass is 1040 g/mol. The van der Waals surface area contributed by atoms with E-state index in [2.05, 4.69) is 27.5 Å². The molecule has 289 valence electrons. The summed E-state index contributed by atoms with van der Waals surface area (Å²) in [6.07, 6.45) is 0.408. The first-order valence-electron chi connectivity index (χ1n) is 16.1. The van der Waals surface area contributed by atoms with E-state index in [1.54, 1.807) is 60.7 Å². The molecule has 0 aliphatic heterocycles. The smallest absolute Gasteiger partial charge is 0.251 e. The number of H-pyrrole nitrogens is 2. The topological polar surface area (TPSA) is 223 Å². The van der Waals surface area contributed by atoms with Crippen molar-refractivity contribution in [1.29, 1.82) is 0 Å². The molecule has 17 heteroatoms. The van der Waals surface area contributed by atoms with Gasteiger partial charge in [0.15, 0.2) is 5.78 Å². The summed E-state index contributed by atoms with van der Waals surface area (Å²) < 4.78 is 0. The third-order valence-corrected chi connectivity index (χ3v) is 8.73. The summed E-state index contributed by atoms with van der Waals surface area (Å²) in [6, 6.07) is 28.7. The number of carbonyl (C=O) groups is 4. The Morgan fingerprint density at radius 3 is 1.33 bits per heavy atom. The summed E-state index contributed by atoms with van der Waals surface area (Å²) in [6.45, 7) is 4.86. The molecule has 2 heterocycles. The predicted molar refractivity (Wildman–Crippen MR) is 212 cm³/mol. The van der Waals surface area contributed by atoms with Crippen LogP contribution in [0.5, 0.6) is 0 Å². The van der Waals surface area contributed by atoms with E-state index >= 15 is 0 Å². The predicted octanol–water partition coefficient (Wildman–Crippen LogP) is 5.92. The van der Waals surface area contributed by atoms with E-state index in [-0.39, 0.29) is 145 Å². The number of carbonyl (C=O) groups excluding carboxylic acids is 4. The molecular weight excluding hydrogens is 1000 g/mol. The number of aromatic nitrogens is 2. The average molecular weight is 1040 g/mol. The molecule has 2 atom stereocenters. The fourth-order valence-corrected chi connectivity index (χ4v) is 5.81. The van der Waals surface area contributed by atoms with Gasteiger partial charge in [0.25, 0.3) is 11.8 Å². The maximum absolute atomic E-state index is 12.4. The molecule has 0 saturated carbocycles. The summed E-state index contributed by atoms with van der Waals surface area (Å²) in [7, 11) is 0. The van der Waals surface area contributed by atoms with Crippen LogP contribution in [0, 0.1) is 6.92 Å². The Hall–Kier alpha value is -2.74. The number of fused-ring (bicyclic) bond motifs is 2. The minimum Gasteiger partial charge on any atom is -0.693 e. The summed E-state index contributed by atoms with van der Waals surface area (Å²) >= 11 is 11.7. The first kappa shape index (κ1) is 54.3. The van der Waals surface area contributed by atoms with Gasteiger partial charge < -0.3 is 43.9 Å². The fourth-order valence-electron chi connectivity index (χ4n) is 5.56. The summed E-state index contributed by atoms with van der Waals surface area (Å²) in [4.78, 5) is 78.1. The summed E-state index contributed by atoms with van der Waals surface area (Å²) in [5.41, 5.74) is 3.04. The first-order valence-corrected chi connectivity index (χ1v) is 16.8. The molecule has 0 spiro atoms. The van der Waals surface area contributed by atoms with Crippen molar-refractivity contribution in [3.8, 4) is 0 Å². The Morgan fingerprint density at radius 2 is 0.965 bits per heavy atom. The number of Topliss-reactive ketones (excluding diaryl/α,β-unsaturated/α-hetero) is 2. The second-order valence-electron chi connectivity index (χ2n) is 12.0. The third-order valence-electron chi connectivity index (χ3n) is 8.22. The summed E-state index contributed by atoms with van der Waals surface area (Å²) in [5, 5.41) is 8.13. The molecule has 4 aromatic carbocycles. The number of benzene rings is 4. The van der Waals surface area contributed by atoms with Gasteiger partial charge in [0.2, 0.25) is 11.1 Å². The summed E-state index contributed by atoms with van der Waals surface area (Å²) in [5.74, 6) is -1.39. The average Bonchev–Trinajstić information content (AvgIpc) is 3.11. The molecule has 3 radical (unpaired) electrons. The minimum atomic E-state index is -0.844. The molecule has 0 saturated heterocycles. The zero-order valence-corrected chi connectivity index (χ0v) is 40.7. The Labute approximate surface area is 414 Å². The normalized spacial score (nSPS) is 10.9. The van der Waals surface area contributed by atoms with Crippen molar-refractivity contribution in [3.05, 3.63) is 175 Å². The Kier molecular flexibility index (Phi) is 24.4. The Morgan fingerprint density at radius 1 is 0.614 bits per heavy atom. The fraction of sp³-hybridized carbons (Fsp3) is 0.125. The maximum Gasteiger partial charge on any atom is 0.251 e. The van der Waals surface area contributed by atoms with Crippen molar-refractivity contribution in [2.75, 3.05) is 0 Å². The van der Waals surface area contributed by atoms with E-state index in [1.807, 2.05) is 36.4 Å². The van der Waals surface area contributed by atoms with Crippen LogP contribution < -0.4 is 21.8 Å². The molecule has 8 N–H and O–H groups in total. The van der Waals surface area contributed by atoms with Gasteiger partial charge in [0.05, 0.1) is 12.1 Å². The number of halogens is 2. The quantitative estimate of drug-likeness (QED) is 0.122. The molecule has 0 bridgehead atoms. The van der Waals surface area contributed by atoms with Crippen molar-refractivity contribution in [1.82, 2.24) is 20.6 Å². The van der Waals surface area contributed by atoms with Gasteiger partial charge in [0, 0.05) is 165 Å². The van der Waals surface area contributed by atoms with E-state index in [0.29, 0.717) is 43.3 Å². The van der Waals surface area contributed by atoms with Gasteiger partial charge in [-0.2, -0.15) is 0 Å². The zero-order chi connectivity index (χ0) is 37.4. The molecule has 0 aliphatic rings. The van der Waals surface area contributed by atoms with Crippen LogP contribution >= 0.6 is 23.2 Å². The van der Waals surface area contributed by atoms with Gasteiger partial charge >= 0.3 is 0 Å².